The molecule has 35 heavy (non-hydrogen) atoms. The minimum absolute atomic E-state index is 0.0365. The van der Waals surface area contributed by atoms with Crippen molar-refractivity contribution in [2.45, 2.75) is 83.2 Å². The van der Waals surface area contributed by atoms with E-state index < -0.39 is 0 Å². The van der Waals surface area contributed by atoms with Crippen LogP contribution in [0.15, 0.2) is 6.20 Å². The summed E-state index contributed by atoms with van der Waals surface area (Å²) in [6.07, 6.45) is 15.9. The van der Waals surface area contributed by atoms with Gasteiger partial charge in [-0.25, -0.2) is 4.68 Å². The molecule has 0 spiro atoms. The molecule has 4 bridgehead atoms. The van der Waals surface area contributed by atoms with Crippen molar-refractivity contribution in [1.29, 1.82) is 0 Å². The summed E-state index contributed by atoms with van der Waals surface area (Å²) in [5.41, 5.74) is 0.650. The number of carbonyl (C=O) groups excluding carboxylic acids is 1. The van der Waals surface area contributed by atoms with Crippen LogP contribution in [0.4, 0.5) is 0 Å². The fraction of sp³-hybridized carbons (Fsp3) is 0.857. The second-order valence-electron chi connectivity index (χ2n) is 12.3. The van der Waals surface area contributed by atoms with Crippen LogP contribution in [-0.4, -0.2) is 66.0 Å². The number of piperazine rings is 1. The third-order valence-corrected chi connectivity index (χ3v) is 9.79. The Morgan fingerprint density at radius 2 is 1.71 bits per heavy atom. The Kier molecular flexibility index (Phi) is 7.33. The summed E-state index contributed by atoms with van der Waals surface area (Å²) in [4.78, 5) is 16.1. The first-order valence-electron chi connectivity index (χ1n) is 14.7. The Labute approximate surface area is 210 Å². The molecule has 1 aromatic rings. The van der Waals surface area contributed by atoms with Crippen LogP contribution < -0.4 is 15.4 Å². The van der Waals surface area contributed by atoms with E-state index in [1.165, 1.54) is 64.2 Å². The predicted octanol–water partition coefficient (Wildman–Crippen LogP) is 3.69. The number of carbonyl (C=O) groups is 1. The van der Waals surface area contributed by atoms with Gasteiger partial charge in [0.15, 0.2) is 0 Å². The molecule has 6 aliphatic rings. The Bertz CT molecular complexity index is 830. The average molecular weight is 484 g/mol. The summed E-state index contributed by atoms with van der Waals surface area (Å²) in [6, 6.07) is 0.345. The second-order valence-corrected chi connectivity index (χ2v) is 12.3. The number of hydrogen-bond donors (Lipinski definition) is 2. The van der Waals surface area contributed by atoms with Crippen LogP contribution in [0.3, 0.4) is 0 Å². The zero-order valence-electron chi connectivity index (χ0n) is 21.4. The van der Waals surface area contributed by atoms with Gasteiger partial charge >= 0.3 is 0 Å². The molecule has 1 aliphatic heterocycles. The van der Waals surface area contributed by atoms with Crippen LogP contribution in [0.5, 0.6) is 5.88 Å². The molecule has 194 valence electrons. The summed E-state index contributed by atoms with van der Waals surface area (Å²) < 4.78 is 8.40. The Balaban J connectivity index is 1.12. The second kappa shape index (κ2) is 10.8. The van der Waals surface area contributed by atoms with Gasteiger partial charge in [0, 0.05) is 45.3 Å². The number of ether oxygens (including phenoxy) is 1. The molecule has 0 unspecified atom stereocenters. The Morgan fingerprint density at radius 3 is 2.43 bits per heavy atom. The lowest BCUT2D eigenvalue weighted by atomic mass is 9.54. The molecule has 0 aromatic carbocycles. The van der Waals surface area contributed by atoms with E-state index in [0.717, 1.165) is 57.5 Å². The molecule has 0 radical (unpaired) electrons. The van der Waals surface area contributed by atoms with E-state index in [4.69, 9.17) is 4.74 Å². The monoisotopic (exact) mass is 483 g/mol. The predicted molar refractivity (Wildman–Crippen MR) is 137 cm³/mol. The van der Waals surface area contributed by atoms with Crippen LogP contribution in [-0.2, 0) is 6.54 Å². The Hall–Kier alpha value is -1.60. The number of nitrogens with one attached hydrogen (secondary N) is 2. The van der Waals surface area contributed by atoms with Crippen molar-refractivity contribution >= 4 is 5.91 Å². The van der Waals surface area contributed by atoms with Crippen LogP contribution in [0.25, 0.3) is 0 Å². The first-order chi connectivity index (χ1) is 17.2. The molecule has 2 heterocycles. The van der Waals surface area contributed by atoms with Gasteiger partial charge in [0.2, 0.25) is 5.88 Å². The Morgan fingerprint density at radius 1 is 1.00 bits per heavy atom. The molecule has 5 aliphatic carbocycles. The number of hydrogen-bond acceptors (Lipinski definition) is 5. The van der Waals surface area contributed by atoms with Crippen LogP contribution in [0.2, 0.25) is 0 Å². The van der Waals surface area contributed by atoms with Crippen molar-refractivity contribution in [2.75, 3.05) is 39.3 Å². The summed E-state index contributed by atoms with van der Waals surface area (Å²) in [5, 5.41) is 11.6. The summed E-state index contributed by atoms with van der Waals surface area (Å²) in [6.45, 7) is 6.96. The number of aromatic nitrogens is 2. The largest absolute Gasteiger partial charge is 0.477 e. The topological polar surface area (TPSA) is 71.4 Å². The van der Waals surface area contributed by atoms with Gasteiger partial charge in [0.1, 0.15) is 5.56 Å². The van der Waals surface area contributed by atoms with E-state index in [0.29, 0.717) is 41.8 Å². The van der Waals surface area contributed by atoms with E-state index in [9.17, 15) is 4.79 Å². The quantitative estimate of drug-likeness (QED) is 0.561. The molecule has 0 atom stereocenters. The van der Waals surface area contributed by atoms with Crippen molar-refractivity contribution in [3.63, 3.8) is 0 Å². The van der Waals surface area contributed by atoms with E-state index in [-0.39, 0.29) is 5.91 Å². The summed E-state index contributed by atoms with van der Waals surface area (Å²) >= 11 is 0. The number of rotatable bonds is 9. The summed E-state index contributed by atoms with van der Waals surface area (Å²) in [7, 11) is 0. The minimum Gasteiger partial charge on any atom is -0.477 e. The van der Waals surface area contributed by atoms with Crippen LogP contribution in [0.1, 0.15) is 81.0 Å². The van der Waals surface area contributed by atoms with E-state index in [1.807, 2.05) is 4.68 Å². The van der Waals surface area contributed by atoms with Gasteiger partial charge in [-0.3, -0.25) is 4.79 Å². The SMILES string of the molecule is O=C(NC1C2CC3CC(C2)CC1C3)c1cnn(CCCN2CCNCC2)c1OCC1CCCCC1. The van der Waals surface area contributed by atoms with E-state index in [2.05, 4.69) is 20.6 Å². The zero-order chi connectivity index (χ0) is 23.6. The van der Waals surface area contributed by atoms with Gasteiger partial charge in [0.25, 0.3) is 5.91 Å². The highest BCUT2D eigenvalue weighted by Crippen LogP contribution is 2.53. The van der Waals surface area contributed by atoms with Gasteiger partial charge in [-0.1, -0.05) is 19.3 Å². The van der Waals surface area contributed by atoms with Gasteiger partial charge in [-0.05, 0) is 81.0 Å². The van der Waals surface area contributed by atoms with Crippen molar-refractivity contribution in [2.24, 2.45) is 29.6 Å². The fourth-order valence-corrected chi connectivity index (χ4v) is 8.16. The molecule has 2 N–H and O–H groups in total. The highest BCUT2D eigenvalue weighted by atomic mass is 16.5. The first-order valence-corrected chi connectivity index (χ1v) is 14.7. The molecule has 1 saturated heterocycles. The molecule has 1 aromatic heterocycles. The van der Waals surface area contributed by atoms with Gasteiger partial charge in [-0.2, -0.15) is 5.10 Å². The van der Waals surface area contributed by atoms with Crippen molar-refractivity contribution in [1.82, 2.24) is 25.3 Å². The molecule has 7 nitrogen and oxygen atoms in total. The third-order valence-electron chi connectivity index (χ3n) is 9.79. The highest BCUT2D eigenvalue weighted by Gasteiger charge is 2.48. The standard InChI is InChI=1S/C28H45N5O2/c34-27(31-26-23-14-21-13-22(16-23)17-24(26)15-21)25-18-30-33(10-4-9-32-11-7-29-8-12-32)28(25)35-19-20-5-2-1-3-6-20/h18,20-24,26,29H,1-17,19H2,(H,31,34). The van der Waals surface area contributed by atoms with E-state index in [1.54, 1.807) is 6.20 Å². The van der Waals surface area contributed by atoms with Gasteiger partial charge in [-0.15, -0.1) is 0 Å². The highest BCUT2D eigenvalue weighted by molar-refractivity contribution is 5.96. The fourth-order valence-electron chi connectivity index (χ4n) is 8.16. The maximum Gasteiger partial charge on any atom is 0.258 e. The lowest BCUT2D eigenvalue weighted by molar-refractivity contribution is -0.0120. The lowest BCUT2D eigenvalue weighted by Gasteiger charge is -2.54. The number of amides is 1. The first kappa shape index (κ1) is 23.8. The van der Waals surface area contributed by atoms with E-state index >= 15 is 0 Å². The maximum absolute atomic E-state index is 13.6. The van der Waals surface area contributed by atoms with Gasteiger partial charge in [0.05, 0.1) is 12.8 Å². The van der Waals surface area contributed by atoms with Crippen LogP contribution in [0, 0.1) is 29.6 Å². The number of nitrogens with zero attached hydrogens (tertiary/aromatic N) is 3. The van der Waals surface area contributed by atoms with Crippen molar-refractivity contribution < 1.29 is 9.53 Å². The maximum atomic E-state index is 13.6. The molecule has 6 fully saturated rings. The van der Waals surface area contributed by atoms with Crippen molar-refractivity contribution in [3.05, 3.63) is 11.8 Å². The zero-order valence-corrected chi connectivity index (χ0v) is 21.4. The van der Waals surface area contributed by atoms with Crippen LogP contribution >= 0.6 is 0 Å². The normalized spacial score (nSPS) is 33.2. The lowest BCUT2D eigenvalue weighted by Crippen LogP contribution is -2.55. The molecule has 5 saturated carbocycles. The molecule has 7 heteroatoms. The number of aryl methyl sites for hydroxylation is 1. The molecular weight excluding hydrogens is 438 g/mol. The molecule has 7 rings (SSSR count). The summed E-state index contributed by atoms with van der Waals surface area (Å²) in [5.74, 6) is 4.53. The average Bonchev–Trinajstić information content (AvgIpc) is 3.28. The molecule has 1 amide bonds. The van der Waals surface area contributed by atoms with Gasteiger partial charge < -0.3 is 20.3 Å². The third kappa shape index (κ3) is 5.41. The van der Waals surface area contributed by atoms with Crippen molar-refractivity contribution in [3.8, 4) is 5.88 Å². The smallest absolute Gasteiger partial charge is 0.258 e. The molecular formula is C28H45N5O2. The minimum atomic E-state index is 0.0365.